The fourth-order valence-corrected chi connectivity index (χ4v) is 11.3. The molecule has 4 unspecified atom stereocenters. The maximum atomic E-state index is 13.8. The number of hydrogen-bond donors (Lipinski definition) is 2. The molecular formula is C52H70Cl3LiN6O17P2S2. The van der Waals surface area contributed by atoms with E-state index in [-0.39, 0.29) is 85.7 Å². The van der Waals surface area contributed by atoms with Crippen molar-refractivity contribution in [3.63, 3.8) is 0 Å². The van der Waals surface area contributed by atoms with E-state index in [4.69, 9.17) is 62.2 Å². The fraction of sp³-hybridized carbons (Fsp3) is 0.462. The average Bonchev–Trinajstić information content (AvgIpc) is 4.34. The zero-order chi connectivity index (χ0) is 61.1. The molecule has 0 bridgehead atoms. The van der Waals surface area contributed by atoms with E-state index in [9.17, 15) is 53.6 Å². The second-order valence-electron chi connectivity index (χ2n) is 17.4. The summed E-state index contributed by atoms with van der Waals surface area (Å²) in [6.45, 7) is 8.56. The van der Waals surface area contributed by atoms with Gasteiger partial charge in [0.1, 0.15) is 36.8 Å². The van der Waals surface area contributed by atoms with E-state index in [0.717, 1.165) is 54.3 Å². The summed E-state index contributed by atoms with van der Waals surface area (Å²) in [4.78, 5) is 68.4. The maximum absolute atomic E-state index is 13.8. The molecule has 0 radical (unpaired) electrons. The van der Waals surface area contributed by atoms with E-state index >= 15 is 0 Å². The number of rotatable bonds is 32. The van der Waals surface area contributed by atoms with Crippen LogP contribution in [0, 0.1) is 20.2 Å². The first-order valence-corrected chi connectivity index (χ1v) is 32.1. The third kappa shape index (κ3) is 31.3. The van der Waals surface area contributed by atoms with E-state index in [2.05, 4.69) is 23.8 Å². The van der Waals surface area contributed by atoms with Gasteiger partial charge in [-0.2, -0.15) is 0 Å². The molecule has 2 aromatic carbocycles. The van der Waals surface area contributed by atoms with Crippen LogP contribution in [0.3, 0.4) is 0 Å². The van der Waals surface area contributed by atoms with E-state index in [1.54, 1.807) is 68.7 Å². The van der Waals surface area contributed by atoms with Crippen LogP contribution in [0.5, 0.6) is 11.5 Å². The predicted molar refractivity (Wildman–Crippen MR) is 316 cm³/mol. The van der Waals surface area contributed by atoms with Gasteiger partial charge in [-0.15, -0.1) is 29.8 Å². The molecule has 454 valence electrons. The number of nitrogens with zero attached hydrogens (tertiary/aromatic N) is 4. The van der Waals surface area contributed by atoms with E-state index in [1.165, 1.54) is 66.4 Å². The van der Waals surface area contributed by atoms with E-state index < -0.39 is 48.5 Å². The summed E-state index contributed by atoms with van der Waals surface area (Å²) in [6, 6.07) is 17.1. The third-order valence-corrected chi connectivity index (χ3v) is 17.6. The predicted octanol–water partition coefficient (Wildman–Crippen LogP) is 7.54. The molecule has 2 N–H and O–H groups in total. The number of esters is 2. The summed E-state index contributed by atoms with van der Waals surface area (Å²) in [5, 5.41) is 36.3. The summed E-state index contributed by atoms with van der Waals surface area (Å²) in [5.74, 6) is -0.285. The standard InChI is InChI=1S/C24H31ClN3O8PS.C19H27Cl2N2O5P.C5H4NO3S.C4H8O.Li/c1-4-15-34-24(30)22(26-18(2)29)16-19-7-9-20(10-8-19)36-37(33,27(3)14-6-5-13-25)35-17-21-11-12-23(38-21)28(31)32;1-4-13-27-19(25)18(22-15(2)24)14-16-7-9-17(10-8-16)28-29(21,26)23(3)12-6-5-11-20;7-3-4-1-2-5(10-4)6(8)9;1-2-4-5-3-1;/h4,7-12,22H,1,5-6,13-17H2,2-3H3,(H,26,29);4,7-10,18H,1,5-6,11-14H2,2-3H3,(H,22,24);1-2H,3H2;1-4H2;/q;;-1;;+1. The molecule has 2 aromatic heterocycles. The van der Waals surface area contributed by atoms with Crippen molar-refractivity contribution in [3.8, 4) is 11.5 Å². The van der Waals surface area contributed by atoms with Crippen LogP contribution in [0.25, 0.3) is 0 Å². The molecule has 1 aliphatic rings. The number of halogens is 3. The van der Waals surface area contributed by atoms with Crippen LogP contribution in [-0.2, 0) is 73.1 Å². The molecule has 2 amide bonds. The summed E-state index contributed by atoms with van der Waals surface area (Å²) < 4.78 is 61.3. The molecule has 0 spiro atoms. The SMILES string of the molecule is C1CCOC1.C=CCOC(=O)C(Cc1ccc(OP(=O)(Cl)N(C)CCCCCl)cc1)NC(C)=O.C=CCOC(=O)C(Cc1ccc(OP(=O)(OCc2ccc([N+](=O)[O-])s2)N(C)CCCCCl)cc1)NC(C)=O.O=[N+]([O-])c1ccc(C[O-])s1.[Li+]. The minimum absolute atomic E-state index is 0. The van der Waals surface area contributed by atoms with Crippen LogP contribution in [-0.4, -0.2) is 120 Å². The third-order valence-electron chi connectivity index (χ3n) is 10.7. The molecule has 1 fully saturated rings. The largest absolute Gasteiger partial charge is 1.00 e. The van der Waals surface area contributed by atoms with Gasteiger partial charge in [-0.1, -0.05) is 72.2 Å². The average molecular weight is 1290 g/mol. The van der Waals surface area contributed by atoms with Gasteiger partial charge in [0.05, 0.1) is 16.5 Å². The van der Waals surface area contributed by atoms with E-state index in [0.29, 0.717) is 58.8 Å². The number of thiophene rings is 2. The van der Waals surface area contributed by atoms with Crippen molar-refractivity contribution in [1.29, 1.82) is 0 Å². The number of amides is 2. The van der Waals surface area contributed by atoms with Gasteiger partial charge in [0, 0.05) is 93.0 Å². The number of carbonyl (C=O) groups is 4. The number of benzene rings is 2. The number of nitro groups is 2. The monoisotopic (exact) mass is 1290 g/mol. The molecule has 1 aliphatic heterocycles. The number of unbranched alkanes of at least 4 members (excludes halogenated alkanes) is 2. The van der Waals surface area contributed by atoms with Crippen molar-refractivity contribution in [2.24, 2.45) is 0 Å². The Morgan fingerprint density at radius 2 is 1.12 bits per heavy atom. The normalized spacial score (nSPS) is 13.6. The topological polar surface area (TPSA) is 298 Å². The van der Waals surface area contributed by atoms with Crippen molar-refractivity contribution < 1.29 is 89.9 Å². The number of nitrogens with one attached hydrogen (secondary N) is 2. The van der Waals surface area contributed by atoms with Crippen LogP contribution in [0.4, 0.5) is 10.0 Å². The van der Waals surface area contributed by atoms with Gasteiger partial charge in [0.15, 0.2) is 0 Å². The van der Waals surface area contributed by atoms with Gasteiger partial charge in [0.2, 0.25) is 11.8 Å². The second kappa shape index (κ2) is 42.2. The minimum atomic E-state index is -3.86. The molecule has 23 nitrogen and oxygen atoms in total. The van der Waals surface area contributed by atoms with Crippen molar-refractivity contribution in [1.82, 2.24) is 20.0 Å². The summed E-state index contributed by atoms with van der Waals surface area (Å²) >= 11 is 19.3. The zero-order valence-corrected chi connectivity index (χ0v) is 52.6. The van der Waals surface area contributed by atoms with Gasteiger partial charge in [-0.25, -0.2) is 28.1 Å². The Morgan fingerprint density at radius 3 is 1.48 bits per heavy atom. The molecule has 83 heavy (non-hydrogen) atoms. The number of hydrogen-bond acceptors (Lipinski definition) is 19. The smallest absolute Gasteiger partial charge is 0.850 e. The Morgan fingerprint density at radius 1 is 0.699 bits per heavy atom. The van der Waals surface area contributed by atoms with Gasteiger partial charge in [-0.05, 0) is 105 Å². The van der Waals surface area contributed by atoms with Crippen molar-refractivity contribution in [2.75, 3.05) is 65.4 Å². The molecule has 4 aromatic rings. The van der Waals surface area contributed by atoms with Crippen molar-refractivity contribution in [2.45, 2.75) is 90.5 Å². The van der Waals surface area contributed by atoms with Crippen molar-refractivity contribution in [3.05, 3.63) is 139 Å². The molecule has 0 saturated carbocycles. The van der Waals surface area contributed by atoms with Crippen LogP contribution in [0.15, 0.2) is 98.1 Å². The molecule has 4 atom stereocenters. The van der Waals surface area contributed by atoms with Crippen LogP contribution in [0.1, 0.15) is 73.3 Å². The maximum Gasteiger partial charge on any atom is 1.00 e. The molecule has 0 aliphatic carbocycles. The Hall–Kier alpha value is -4.67. The zero-order valence-electron chi connectivity index (χ0n) is 47.0. The molecule has 3 heterocycles. The van der Waals surface area contributed by atoms with Crippen LogP contribution >= 0.6 is 71.7 Å². The molecular weight excluding hydrogens is 1220 g/mol. The molecule has 31 heteroatoms. The van der Waals surface area contributed by atoms with Gasteiger partial charge in [-0.3, -0.25) is 34.3 Å². The number of alkyl halides is 2. The first kappa shape index (κ1) is 76.3. The Labute approximate surface area is 518 Å². The minimum Gasteiger partial charge on any atom is -0.850 e. The van der Waals surface area contributed by atoms with Gasteiger partial charge >= 0.3 is 55.4 Å². The second-order valence-corrected chi connectivity index (χ2v) is 25.6. The van der Waals surface area contributed by atoms with E-state index in [1.807, 2.05) is 0 Å². The molecule has 1 saturated heterocycles. The Balaban J connectivity index is 0.000000666. The first-order chi connectivity index (χ1) is 39.0. The molecule has 5 rings (SSSR count). The van der Waals surface area contributed by atoms with Gasteiger partial charge < -0.3 is 39.0 Å². The summed E-state index contributed by atoms with van der Waals surface area (Å²) in [5.41, 5.74) is 1.45. The van der Waals surface area contributed by atoms with Crippen molar-refractivity contribution >= 4 is 105 Å². The fourth-order valence-electron chi connectivity index (χ4n) is 6.58. The quantitative estimate of drug-likeness (QED) is 0.00697. The summed E-state index contributed by atoms with van der Waals surface area (Å²) in [7, 11) is -0.623. The van der Waals surface area contributed by atoms with Gasteiger partial charge in [0.25, 0.3) is 0 Å². The summed E-state index contributed by atoms with van der Waals surface area (Å²) in [6.07, 6.45) is 8.75. The van der Waals surface area contributed by atoms with Crippen LogP contribution in [0.2, 0.25) is 0 Å². The number of ether oxygens (including phenoxy) is 3. The Bertz CT molecular complexity index is 2720. The Kier molecular flexibility index (Phi) is 38.8. The number of carbonyl (C=O) groups excluding carboxylic acids is 4. The van der Waals surface area contributed by atoms with Crippen LogP contribution < -0.4 is 43.6 Å². The first-order valence-electron chi connectivity index (χ1n) is 25.4.